The summed E-state index contributed by atoms with van der Waals surface area (Å²) in [5.74, 6) is -0.792. The second-order valence-electron chi connectivity index (χ2n) is 4.34. The molecule has 118 valence electrons. The van der Waals surface area contributed by atoms with Crippen LogP contribution < -0.4 is 4.74 Å². The average Bonchev–Trinajstić information content (AvgIpc) is 2.45. The van der Waals surface area contributed by atoms with Crippen molar-refractivity contribution in [1.82, 2.24) is 4.90 Å². The van der Waals surface area contributed by atoms with E-state index < -0.39 is 30.7 Å². The summed E-state index contributed by atoms with van der Waals surface area (Å²) in [7, 11) is 0. The third kappa shape index (κ3) is 4.63. The Morgan fingerprint density at radius 3 is 2.38 bits per heavy atom. The molecule has 0 fully saturated rings. The van der Waals surface area contributed by atoms with E-state index in [1.54, 1.807) is 13.8 Å². The summed E-state index contributed by atoms with van der Waals surface area (Å²) in [5.41, 5.74) is -0.869. The number of alkyl halides is 3. The van der Waals surface area contributed by atoms with E-state index in [2.05, 4.69) is 0 Å². The van der Waals surface area contributed by atoms with E-state index in [0.717, 1.165) is 12.1 Å². The molecule has 0 radical (unpaired) electrons. The van der Waals surface area contributed by atoms with Crippen LogP contribution in [0, 0.1) is 0 Å². The Morgan fingerprint density at radius 1 is 1.29 bits per heavy atom. The van der Waals surface area contributed by atoms with Gasteiger partial charge in [-0.15, -0.1) is 0 Å². The highest BCUT2D eigenvalue weighted by Gasteiger charge is 2.34. The highest BCUT2D eigenvalue weighted by Crippen LogP contribution is 2.36. The van der Waals surface area contributed by atoms with Crippen LogP contribution >= 0.6 is 0 Å². The Labute approximate surface area is 121 Å². The molecule has 0 bridgehead atoms. The first-order valence-electron chi connectivity index (χ1n) is 6.55. The second-order valence-corrected chi connectivity index (χ2v) is 4.34. The largest absolute Gasteiger partial charge is 0.483 e. The van der Waals surface area contributed by atoms with E-state index in [4.69, 9.17) is 9.84 Å². The highest BCUT2D eigenvalue weighted by atomic mass is 19.4. The first-order chi connectivity index (χ1) is 9.83. The number of carbonyl (C=O) groups is 1. The zero-order chi connectivity index (χ0) is 16.0. The average molecular weight is 305 g/mol. The molecule has 1 aromatic rings. The van der Waals surface area contributed by atoms with Gasteiger partial charge in [-0.2, -0.15) is 13.2 Å². The topological polar surface area (TPSA) is 49.8 Å². The number of nitrogens with zero attached hydrogens (tertiary/aromatic N) is 1. The summed E-state index contributed by atoms with van der Waals surface area (Å²) >= 11 is 0. The van der Waals surface area contributed by atoms with Crippen molar-refractivity contribution in [3.05, 3.63) is 29.3 Å². The number of hydrogen-bond donors (Lipinski definition) is 1. The third-order valence-electron chi connectivity index (χ3n) is 3.00. The minimum Gasteiger partial charge on any atom is -0.483 e. The Hall–Kier alpha value is -1.76. The fourth-order valence-corrected chi connectivity index (χ4v) is 1.83. The lowest BCUT2D eigenvalue weighted by atomic mass is 10.1. The van der Waals surface area contributed by atoms with Gasteiger partial charge < -0.3 is 14.7 Å². The number of rotatable bonds is 6. The van der Waals surface area contributed by atoms with Gasteiger partial charge in [0.2, 0.25) is 0 Å². The molecule has 4 nitrogen and oxygen atoms in total. The number of hydrogen-bond acceptors (Lipinski definition) is 3. The summed E-state index contributed by atoms with van der Waals surface area (Å²) < 4.78 is 43.8. The van der Waals surface area contributed by atoms with E-state index in [9.17, 15) is 18.0 Å². The van der Waals surface area contributed by atoms with Crippen LogP contribution in [-0.4, -0.2) is 35.6 Å². The second kappa shape index (κ2) is 7.31. The quantitative estimate of drug-likeness (QED) is 0.878. The Morgan fingerprint density at radius 2 is 1.90 bits per heavy atom. The van der Waals surface area contributed by atoms with Crippen molar-refractivity contribution >= 4 is 5.91 Å². The predicted molar refractivity (Wildman–Crippen MR) is 70.8 cm³/mol. The standard InChI is InChI=1S/C14H18F3NO3/c1-3-18(4-2)13(20)9-21-12-6-5-10(8-19)7-11(12)14(15,16)17/h5-7,19H,3-4,8-9H2,1-2H3. The van der Waals surface area contributed by atoms with Gasteiger partial charge >= 0.3 is 6.18 Å². The van der Waals surface area contributed by atoms with Crippen LogP contribution in [0.2, 0.25) is 0 Å². The number of benzene rings is 1. The number of likely N-dealkylation sites (N-methyl/N-ethyl adjacent to an activating group) is 1. The molecular weight excluding hydrogens is 287 g/mol. The summed E-state index contributed by atoms with van der Waals surface area (Å²) in [5, 5.41) is 8.90. The molecule has 0 saturated carbocycles. The lowest BCUT2D eigenvalue weighted by Crippen LogP contribution is -2.34. The van der Waals surface area contributed by atoms with Crippen LogP contribution in [0.5, 0.6) is 5.75 Å². The van der Waals surface area contributed by atoms with Gasteiger partial charge in [-0.05, 0) is 31.5 Å². The van der Waals surface area contributed by atoms with Crippen molar-refractivity contribution in [1.29, 1.82) is 0 Å². The number of carbonyl (C=O) groups excluding carboxylic acids is 1. The van der Waals surface area contributed by atoms with Gasteiger partial charge in [0.05, 0.1) is 12.2 Å². The third-order valence-corrected chi connectivity index (χ3v) is 3.00. The predicted octanol–water partition coefficient (Wildman–Crippen LogP) is 2.44. The maximum atomic E-state index is 12.9. The van der Waals surface area contributed by atoms with E-state index in [0.29, 0.717) is 13.1 Å². The molecule has 7 heteroatoms. The molecule has 0 atom stereocenters. The Balaban J connectivity index is 2.91. The SMILES string of the molecule is CCN(CC)C(=O)COc1ccc(CO)cc1C(F)(F)F. The van der Waals surface area contributed by atoms with E-state index in [-0.39, 0.29) is 11.5 Å². The highest BCUT2D eigenvalue weighted by molar-refractivity contribution is 5.77. The van der Waals surface area contributed by atoms with E-state index in [1.807, 2.05) is 0 Å². The molecule has 21 heavy (non-hydrogen) atoms. The van der Waals surface area contributed by atoms with Gasteiger partial charge in [-0.3, -0.25) is 4.79 Å². The van der Waals surface area contributed by atoms with Crippen molar-refractivity contribution in [3.63, 3.8) is 0 Å². The Kier molecular flexibility index (Phi) is 6.02. The van der Waals surface area contributed by atoms with Crippen molar-refractivity contribution in [2.75, 3.05) is 19.7 Å². The lowest BCUT2D eigenvalue weighted by molar-refractivity contribution is -0.141. The number of halogens is 3. The molecule has 0 unspecified atom stereocenters. The molecule has 1 rings (SSSR count). The number of aliphatic hydroxyl groups is 1. The van der Waals surface area contributed by atoms with Crippen LogP contribution in [0.15, 0.2) is 18.2 Å². The van der Waals surface area contributed by atoms with Gasteiger partial charge in [0, 0.05) is 13.1 Å². The normalized spacial score (nSPS) is 11.3. The Bertz CT molecular complexity index is 485. The molecule has 1 N–H and O–H groups in total. The fraction of sp³-hybridized carbons (Fsp3) is 0.500. The van der Waals surface area contributed by atoms with Crippen LogP contribution in [0.4, 0.5) is 13.2 Å². The van der Waals surface area contributed by atoms with E-state index >= 15 is 0 Å². The monoisotopic (exact) mass is 305 g/mol. The van der Waals surface area contributed by atoms with Gasteiger partial charge in [0.25, 0.3) is 5.91 Å². The molecule has 0 aliphatic rings. The number of aliphatic hydroxyl groups excluding tert-OH is 1. The molecule has 1 aromatic carbocycles. The zero-order valence-corrected chi connectivity index (χ0v) is 11.9. The molecule has 0 aliphatic heterocycles. The first kappa shape index (κ1) is 17.3. The van der Waals surface area contributed by atoms with Crippen LogP contribution in [0.25, 0.3) is 0 Å². The lowest BCUT2D eigenvalue weighted by Gasteiger charge is -2.20. The van der Waals surface area contributed by atoms with Crippen molar-refractivity contribution in [2.45, 2.75) is 26.6 Å². The van der Waals surface area contributed by atoms with Crippen molar-refractivity contribution in [2.24, 2.45) is 0 Å². The summed E-state index contributed by atoms with van der Waals surface area (Å²) in [6, 6.07) is 3.26. The molecule has 0 spiro atoms. The van der Waals surface area contributed by atoms with Gasteiger partial charge in [0.15, 0.2) is 6.61 Å². The van der Waals surface area contributed by atoms with Gasteiger partial charge in [-0.1, -0.05) is 6.07 Å². The summed E-state index contributed by atoms with van der Waals surface area (Å²) in [4.78, 5) is 13.2. The van der Waals surface area contributed by atoms with Crippen LogP contribution in [-0.2, 0) is 17.6 Å². The maximum absolute atomic E-state index is 12.9. The summed E-state index contributed by atoms with van der Waals surface area (Å²) in [6.45, 7) is 3.53. The maximum Gasteiger partial charge on any atom is 0.419 e. The van der Waals surface area contributed by atoms with Crippen LogP contribution in [0.3, 0.4) is 0 Å². The summed E-state index contributed by atoms with van der Waals surface area (Å²) in [6.07, 6.45) is -4.61. The minimum atomic E-state index is -4.61. The van der Waals surface area contributed by atoms with E-state index in [1.165, 1.54) is 11.0 Å². The fourth-order valence-electron chi connectivity index (χ4n) is 1.83. The molecule has 0 aliphatic carbocycles. The van der Waals surface area contributed by atoms with Crippen LogP contribution in [0.1, 0.15) is 25.0 Å². The number of amides is 1. The minimum absolute atomic E-state index is 0.129. The van der Waals surface area contributed by atoms with Crippen molar-refractivity contribution in [3.8, 4) is 5.75 Å². The number of ether oxygens (including phenoxy) is 1. The van der Waals surface area contributed by atoms with Crippen molar-refractivity contribution < 1.29 is 27.8 Å². The van der Waals surface area contributed by atoms with Gasteiger partial charge in [0.1, 0.15) is 5.75 Å². The zero-order valence-electron chi connectivity index (χ0n) is 11.9. The molecule has 0 saturated heterocycles. The molecule has 1 amide bonds. The molecular formula is C14H18F3NO3. The molecule has 0 heterocycles. The smallest absolute Gasteiger partial charge is 0.419 e. The first-order valence-corrected chi connectivity index (χ1v) is 6.55. The molecule has 0 aromatic heterocycles. The van der Waals surface area contributed by atoms with Gasteiger partial charge in [-0.25, -0.2) is 0 Å².